The molecule has 0 unspecified atom stereocenters. The van der Waals surface area contributed by atoms with E-state index in [1.54, 1.807) is 24.3 Å². The van der Waals surface area contributed by atoms with Crippen LogP contribution in [0.1, 0.15) is 10.4 Å². The molecule has 0 N–H and O–H groups in total. The third-order valence-corrected chi connectivity index (χ3v) is 1.77. The summed E-state index contributed by atoms with van der Waals surface area (Å²) < 4.78 is 0.870. The molecule has 60 valence electrons. The van der Waals surface area contributed by atoms with Crippen molar-refractivity contribution in [2.45, 2.75) is 0 Å². The molecule has 1 amide bonds. The smallest absolute Gasteiger partial charge is 0.266 e. The second-order valence-corrected chi connectivity index (χ2v) is 2.93. The monoisotopic (exact) mass is 225 g/mol. The van der Waals surface area contributed by atoms with Gasteiger partial charge >= 0.3 is 0 Å². The number of carbonyl (C=O) groups excluding carboxylic acids is 2. The first-order chi connectivity index (χ1) is 5.74. The summed E-state index contributed by atoms with van der Waals surface area (Å²) in [7, 11) is 0. The summed E-state index contributed by atoms with van der Waals surface area (Å²) >= 11 is 3.21. The molecule has 0 radical (unpaired) electrons. The number of rotatable bonds is 1. The zero-order valence-electron chi connectivity index (χ0n) is 5.95. The predicted octanol–water partition coefficient (Wildman–Crippen LogP) is 1.93. The zero-order valence-corrected chi connectivity index (χ0v) is 7.54. The molecule has 0 aliphatic rings. The fraction of sp³-hybridized carbons (Fsp3) is 0. The molecule has 0 heterocycles. The number of halogens is 1. The standard InChI is InChI=1S/C8H4BrNO2/c9-7-3-1-6(2-4-7)8(12)10-5-11/h1-4H. The SMILES string of the molecule is O=C=NC(=O)c1ccc(Br)cc1. The Morgan fingerprint density at radius 2 is 1.92 bits per heavy atom. The van der Waals surface area contributed by atoms with E-state index in [1.165, 1.54) is 6.08 Å². The van der Waals surface area contributed by atoms with E-state index < -0.39 is 5.91 Å². The van der Waals surface area contributed by atoms with Gasteiger partial charge in [0.2, 0.25) is 6.08 Å². The Morgan fingerprint density at radius 3 is 2.42 bits per heavy atom. The van der Waals surface area contributed by atoms with E-state index in [2.05, 4.69) is 20.9 Å². The van der Waals surface area contributed by atoms with Crippen LogP contribution in [0.4, 0.5) is 0 Å². The van der Waals surface area contributed by atoms with Crippen molar-refractivity contribution in [1.82, 2.24) is 0 Å². The predicted molar refractivity (Wildman–Crippen MR) is 46.6 cm³/mol. The van der Waals surface area contributed by atoms with Crippen LogP contribution in [0.5, 0.6) is 0 Å². The molecular weight excluding hydrogens is 222 g/mol. The number of amides is 1. The molecule has 0 aromatic heterocycles. The molecule has 0 bridgehead atoms. The van der Waals surface area contributed by atoms with Crippen molar-refractivity contribution in [3.63, 3.8) is 0 Å². The Kier molecular flexibility index (Phi) is 2.91. The van der Waals surface area contributed by atoms with Gasteiger partial charge in [-0.05, 0) is 24.3 Å². The minimum atomic E-state index is -0.572. The first-order valence-electron chi connectivity index (χ1n) is 3.12. The summed E-state index contributed by atoms with van der Waals surface area (Å²) in [5.41, 5.74) is 0.376. The lowest BCUT2D eigenvalue weighted by molar-refractivity contribution is 0.100. The lowest BCUT2D eigenvalue weighted by Crippen LogP contribution is -1.92. The van der Waals surface area contributed by atoms with Gasteiger partial charge in [-0.3, -0.25) is 4.79 Å². The Labute approximate surface area is 77.2 Å². The highest BCUT2D eigenvalue weighted by Gasteiger charge is 2.01. The molecule has 1 aromatic rings. The van der Waals surface area contributed by atoms with Crippen molar-refractivity contribution in [3.8, 4) is 0 Å². The van der Waals surface area contributed by atoms with Crippen molar-refractivity contribution in [2.24, 2.45) is 4.99 Å². The molecule has 1 aromatic carbocycles. The fourth-order valence-corrected chi connectivity index (χ4v) is 0.963. The Morgan fingerprint density at radius 1 is 1.33 bits per heavy atom. The topological polar surface area (TPSA) is 46.5 Å². The normalized spacial score (nSPS) is 8.75. The minimum Gasteiger partial charge on any atom is -0.266 e. The number of carbonyl (C=O) groups is 1. The van der Waals surface area contributed by atoms with E-state index >= 15 is 0 Å². The number of benzene rings is 1. The molecule has 0 aliphatic carbocycles. The molecule has 12 heavy (non-hydrogen) atoms. The molecule has 0 saturated heterocycles. The van der Waals surface area contributed by atoms with E-state index in [4.69, 9.17) is 0 Å². The number of hydrogen-bond acceptors (Lipinski definition) is 2. The fourth-order valence-electron chi connectivity index (χ4n) is 0.698. The molecular formula is C8H4BrNO2. The molecule has 3 nitrogen and oxygen atoms in total. The van der Waals surface area contributed by atoms with Crippen molar-refractivity contribution in [2.75, 3.05) is 0 Å². The summed E-state index contributed by atoms with van der Waals surface area (Å²) in [4.78, 5) is 23.6. The first-order valence-corrected chi connectivity index (χ1v) is 3.91. The third-order valence-electron chi connectivity index (χ3n) is 1.24. The summed E-state index contributed by atoms with van der Waals surface area (Å²) in [6, 6.07) is 6.56. The molecule has 0 saturated carbocycles. The average molecular weight is 226 g/mol. The van der Waals surface area contributed by atoms with Crippen molar-refractivity contribution in [3.05, 3.63) is 34.3 Å². The van der Waals surface area contributed by atoms with Gasteiger partial charge in [0.1, 0.15) is 0 Å². The van der Waals surface area contributed by atoms with Gasteiger partial charge in [-0.15, -0.1) is 4.99 Å². The van der Waals surface area contributed by atoms with Gasteiger partial charge in [-0.2, -0.15) is 0 Å². The molecule has 0 spiro atoms. The average Bonchev–Trinajstić information content (AvgIpc) is 2.06. The third kappa shape index (κ3) is 2.12. The maximum Gasteiger partial charge on any atom is 0.287 e. The van der Waals surface area contributed by atoms with Crippen molar-refractivity contribution in [1.29, 1.82) is 0 Å². The number of nitrogens with zero attached hydrogens (tertiary/aromatic N) is 1. The van der Waals surface area contributed by atoms with Gasteiger partial charge in [0, 0.05) is 10.0 Å². The Hall–Kier alpha value is -1.25. The van der Waals surface area contributed by atoms with Crippen LogP contribution >= 0.6 is 15.9 Å². The second-order valence-electron chi connectivity index (χ2n) is 2.02. The van der Waals surface area contributed by atoms with Crippen LogP contribution < -0.4 is 0 Å². The Balaban J connectivity index is 2.97. The molecule has 0 atom stereocenters. The van der Waals surface area contributed by atoms with Crippen LogP contribution in [-0.2, 0) is 4.79 Å². The zero-order chi connectivity index (χ0) is 8.97. The van der Waals surface area contributed by atoms with E-state index in [0.29, 0.717) is 5.56 Å². The molecule has 1 rings (SSSR count). The van der Waals surface area contributed by atoms with Gasteiger partial charge in [0.25, 0.3) is 5.91 Å². The summed E-state index contributed by atoms with van der Waals surface area (Å²) in [5, 5.41) is 0. The van der Waals surface area contributed by atoms with Gasteiger partial charge in [0.15, 0.2) is 0 Å². The van der Waals surface area contributed by atoms with Crippen molar-refractivity contribution >= 4 is 27.9 Å². The van der Waals surface area contributed by atoms with E-state index in [0.717, 1.165) is 4.47 Å². The quantitative estimate of drug-likeness (QED) is 0.542. The minimum absolute atomic E-state index is 0.376. The second kappa shape index (κ2) is 3.95. The molecule has 4 heteroatoms. The maximum atomic E-state index is 10.9. The van der Waals surface area contributed by atoms with Crippen molar-refractivity contribution < 1.29 is 9.59 Å². The van der Waals surface area contributed by atoms with E-state index in [-0.39, 0.29) is 0 Å². The maximum absolute atomic E-state index is 10.9. The van der Waals surface area contributed by atoms with Crippen LogP contribution in [-0.4, -0.2) is 12.0 Å². The van der Waals surface area contributed by atoms with Gasteiger partial charge in [0.05, 0.1) is 0 Å². The van der Waals surface area contributed by atoms with Gasteiger partial charge in [-0.25, -0.2) is 4.79 Å². The van der Waals surface area contributed by atoms with E-state index in [9.17, 15) is 9.59 Å². The lowest BCUT2D eigenvalue weighted by atomic mass is 10.2. The van der Waals surface area contributed by atoms with E-state index in [1.807, 2.05) is 0 Å². The van der Waals surface area contributed by atoms with Crippen LogP contribution in [0.3, 0.4) is 0 Å². The highest BCUT2D eigenvalue weighted by molar-refractivity contribution is 9.10. The Bertz CT molecular complexity index is 339. The van der Waals surface area contributed by atoms with Crippen LogP contribution in [0.2, 0.25) is 0 Å². The van der Waals surface area contributed by atoms with Crippen LogP contribution in [0, 0.1) is 0 Å². The van der Waals surface area contributed by atoms with Gasteiger partial charge < -0.3 is 0 Å². The molecule has 0 aliphatic heterocycles. The highest BCUT2D eigenvalue weighted by Crippen LogP contribution is 2.10. The number of hydrogen-bond donors (Lipinski definition) is 0. The highest BCUT2D eigenvalue weighted by atomic mass is 79.9. The summed E-state index contributed by atoms with van der Waals surface area (Å²) in [6.07, 6.45) is 1.19. The van der Waals surface area contributed by atoms with Gasteiger partial charge in [-0.1, -0.05) is 15.9 Å². The molecule has 0 fully saturated rings. The van der Waals surface area contributed by atoms with Crippen LogP contribution in [0.25, 0.3) is 0 Å². The lowest BCUT2D eigenvalue weighted by Gasteiger charge is -1.92. The summed E-state index contributed by atoms with van der Waals surface area (Å²) in [6.45, 7) is 0. The first kappa shape index (κ1) is 8.84. The number of isocyanates is 1. The summed E-state index contributed by atoms with van der Waals surface area (Å²) in [5.74, 6) is -0.572. The number of aliphatic imine (C=N–C) groups is 1. The largest absolute Gasteiger partial charge is 0.287 e. The van der Waals surface area contributed by atoms with Crippen LogP contribution in [0.15, 0.2) is 33.7 Å².